The van der Waals surface area contributed by atoms with Gasteiger partial charge in [-0.05, 0) is 31.5 Å². The van der Waals surface area contributed by atoms with E-state index >= 15 is 0 Å². The SMILES string of the molecule is Cc1cc(C)cc(CSc2cccc(/C(N)=N/O)n2)c1. The maximum absolute atomic E-state index is 8.66. The number of hydrogen-bond donors (Lipinski definition) is 2. The third kappa shape index (κ3) is 3.74. The molecule has 0 spiro atoms. The number of rotatable bonds is 4. The van der Waals surface area contributed by atoms with Crippen molar-refractivity contribution in [2.45, 2.75) is 24.6 Å². The van der Waals surface area contributed by atoms with Crippen LogP contribution in [0.3, 0.4) is 0 Å². The van der Waals surface area contributed by atoms with Gasteiger partial charge in [0.05, 0.1) is 5.03 Å². The molecule has 0 aliphatic rings. The van der Waals surface area contributed by atoms with Gasteiger partial charge in [-0.15, -0.1) is 11.8 Å². The lowest BCUT2D eigenvalue weighted by Gasteiger charge is -2.06. The highest BCUT2D eigenvalue weighted by molar-refractivity contribution is 7.98. The van der Waals surface area contributed by atoms with Gasteiger partial charge >= 0.3 is 0 Å². The van der Waals surface area contributed by atoms with Crippen molar-refractivity contribution in [3.8, 4) is 0 Å². The first-order valence-electron chi connectivity index (χ1n) is 6.23. The second-order valence-corrected chi connectivity index (χ2v) is 5.63. The van der Waals surface area contributed by atoms with Crippen LogP contribution >= 0.6 is 11.8 Å². The first kappa shape index (κ1) is 14.4. The zero-order valence-corrected chi connectivity index (χ0v) is 12.3. The molecule has 0 saturated carbocycles. The Kier molecular flexibility index (Phi) is 4.63. The van der Waals surface area contributed by atoms with Crippen molar-refractivity contribution in [3.63, 3.8) is 0 Å². The summed E-state index contributed by atoms with van der Waals surface area (Å²) in [4.78, 5) is 4.35. The van der Waals surface area contributed by atoms with Gasteiger partial charge in [0.25, 0.3) is 0 Å². The smallest absolute Gasteiger partial charge is 0.188 e. The van der Waals surface area contributed by atoms with Crippen LogP contribution in [0.4, 0.5) is 0 Å². The normalized spacial score (nSPS) is 11.6. The molecule has 0 fully saturated rings. The van der Waals surface area contributed by atoms with Crippen LogP contribution in [0.1, 0.15) is 22.4 Å². The molecule has 2 rings (SSSR count). The van der Waals surface area contributed by atoms with Crippen molar-refractivity contribution in [1.82, 2.24) is 4.98 Å². The molecule has 20 heavy (non-hydrogen) atoms. The average molecular weight is 287 g/mol. The van der Waals surface area contributed by atoms with Crippen molar-refractivity contribution >= 4 is 17.6 Å². The number of nitrogens with two attached hydrogens (primary N) is 1. The summed E-state index contributed by atoms with van der Waals surface area (Å²) in [6.45, 7) is 4.19. The third-order valence-corrected chi connectivity index (χ3v) is 3.76. The number of aryl methyl sites for hydroxylation is 2. The molecule has 0 amide bonds. The van der Waals surface area contributed by atoms with Crippen LogP contribution in [0.25, 0.3) is 0 Å². The van der Waals surface area contributed by atoms with Crippen LogP contribution < -0.4 is 5.73 Å². The minimum absolute atomic E-state index is 0.0267. The van der Waals surface area contributed by atoms with E-state index in [1.54, 1.807) is 17.8 Å². The van der Waals surface area contributed by atoms with Crippen LogP contribution in [0.5, 0.6) is 0 Å². The summed E-state index contributed by atoms with van der Waals surface area (Å²) in [5, 5.41) is 12.5. The summed E-state index contributed by atoms with van der Waals surface area (Å²) in [7, 11) is 0. The fraction of sp³-hybridized carbons (Fsp3) is 0.200. The minimum atomic E-state index is 0.0267. The zero-order chi connectivity index (χ0) is 14.5. The van der Waals surface area contributed by atoms with Gasteiger partial charge in [-0.2, -0.15) is 0 Å². The lowest BCUT2D eigenvalue weighted by molar-refractivity contribution is 0.318. The predicted octanol–water partition coefficient (Wildman–Crippen LogP) is 3.09. The van der Waals surface area contributed by atoms with Crippen LogP contribution in [-0.2, 0) is 5.75 Å². The average Bonchev–Trinajstić information content (AvgIpc) is 2.43. The van der Waals surface area contributed by atoms with E-state index in [1.165, 1.54) is 16.7 Å². The predicted molar refractivity (Wildman–Crippen MR) is 82.2 cm³/mol. The van der Waals surface area contributed by atoms with Crippen LogP contribution in [0, 0.1) is 13.8 Å². The molecule has 2 aromatic rings. The molecule has 0 aliphatic carbocycles. The Hall–Kier alpha value is -2.01. The van der Waals surface area contributed by atoms with Gasteiger partial charge in [-0.25, -0.2) is 4.98 Å². The molecule has 1 heterocycles. The van der Waals surface area contributed by atoms with E-state index in [1.807, 2.05) is 12.1 Å². The highest BCUT2D eigenvalue weighted by Crippen LogP contribution is 2.22. The summed E-state index contributed by atoms with van der Waals surface area (Å²) in [6, 6.07) is 12.0. The first-order valence-corrected chi connectivity index (χ1v) is 7.22. The molecule has 1 aromatic heterocycles. The van der Waals surface area contributed by atoms with Gasteiger partial charge in [-0.1, -0.05) is 40.5 Å². The van der Waals surface area contributed by atoms with Gasteiger partial charge in [0, 0.05) is 5.75 Å². The lowest BCUT2D eigenvalue weighted by Crippen LogP contribution is -2.14. The Bertz CT molecular complexity index is 621. The number of oxime groups is 1. The van der Waals surface area contributed by atoms with Crippen molar-refractivity contribution < 1.29 is 5.21 Å². The molecule has 104 valence electrons. The van der Waals surface area contributed by atoms with E-state index in [9.17, 15) is 0 Å². The molecule has 0 aliphatic heterocycles. The second kappa shape index (κ2) is 6.43. The number of aromatic nitrogens is 1. The number of pyridine rings is 1. The van der Waals surface area contributed by atoms with E-state index < -0.39 is 0 Å². The minimum Gasteiger partial charge on any atom is -0.409 e. The Morgan fingerprint density at radius 1 is 1.25 bits per heavy atom. The van der Waals surface area contributed by atoms with Gasteiger partial charge in [0.15, 0.2) is 5.84 Å². The Morgan fingerprint density at radius 3 is 2.60 bits per heavy atom. The van der Waals surface area contributed by atoms with Crippen molar-refractivity contribution in [3.05, 3.63) is 58.8 Å². The highest BCUT2D eigenvalue weighted by atomic mass is 32.2. The second-order valence-electron chi connectivity index (χ2n) is 4.63. The van der Waals surface area contributed by atoms with Crippen LogP contribution in [-0.4, -0.2) is 16.0 Å². The first-order chi connectivity index (χ1) is 9.58. The molecule has 1 aromatic carbocycles. The molecular formula is C15H17N3OS. The molecule has 0 atom stereocenters. The quantitative estimate of drug-likeness (QED) is 0.298. The zero-order valence-electron chi connectivity index (χ0n) is 11.5. The van der Waals surface area contributed by atoms with Crippen LogP contribution in [0.2, 0.25) is 0 Å². The molecule has 0 radical (unpaired) electrons. The summed E-state index contributed by atoms with van der Waals surface area (Å²) in [5.74, 6) is 0.869. The molecular weight excluding hydrogens is 270 g/mol. The number of benzene rings is 1. The molecule has 0 bridgehead atoms. The van der Waals surface area contributed by atoms with Gasteiger partial charge < -0.3 is 10.9 Å². The van der Waals surface area contributed by atoms with Gasteiger partial charge in [0.1, 0.15) is 5.69 Å². The van der Waals surface area contributed by atoms with Crippen molar-refractivity contribution in [2.24, 2.45) is 10.9 Å². The Labute approximate surface area is 122 Å². The van der Waals surface area contributed by atoms with Crippen molar-refractivity contribution in [1.29, 1.82) is 0 Å². The van der Waals surface area contributed by atoms with Crippen molar-refractivity contribution in [2.75, 3.05) is 0 Å². The summed E-state index contributed by atoms with van der Waals surface area (Å²) < 4.78 is 0. The topological polar surface area (TPSA) is 71.5 Å². The number of nitrogens with zero attached hydrogens (tertiary/aromatic N) is 2. The number of amidine groups is 1. The van der Waals surface area contributed by atoms with E-state index in [4.69, 9.17) is 10.9 Å². The molecule has 4 nitrogen and oxygen atoms in total. The summed E-state index contributed by atoms with van der Waals surface area (Å²) >= 11 is 1.63. The third-order valence-electron chi connectivity index (χ3n) is 2.76. The fourth-order valence-corrected chi connectivity index (χ4v) is 2.82. The standard InChI is InChI=1S/C15H17N3OS/c1-10-6-11(2)8-12(7-10)9-20-14-5-3-4-13(17-14)15(16)18-19/h3-8,19H,9H2,1-2H3,(H2,16,18). The maximum atomic E-state index is 8.66. The largest absolute Gasteiger partial charge is 0.409 e. The number of thioether (sulfide) groups is 1. The van der Waals surface area contributed by atoms with E-state index in [0.717, 1.165) is 10.8 Å². The van der Waals surface area contributed by atoms with Gasteiger partial charge in [0.2, 0.25) is 0 Å². The van der Waals surface area contributed by atoms with Crippen LogP contribution in [0.15, 0.2) is 46.6 Å². The molecule has 0 unspecified atom stereocenters. The van der Waals surface area contributed by atoms with E-state index in [-0.39, 0.29) is 5.84 Å². The summed E-state index contributed by atoms with van der Waals surface area (Å²) in [6.07, 6.45) is 0. The Morgan fingerprint density at radius 2 is 1.95 bits per heavy atom. The monoisotopic (exact) mass is 287 g/mol. The van der Waals surface area contributed by atoms with Gasteiger partial charge in [-0.3, -0.25) is 0 Å². The Balaban J connectivity index is 2.11. The van der Waals surface area contributed by atoms with E-state index in [0.29, 0.717) is 5.69 Å². The molecule has 5 heteroatoms. The molecule has 0 saturated heterocycles. The lowest BCUT2D eigenvalue weighted by atomic mass is 10.1. The molecule has 3 N–H and O–H groups in total. The number of hydrogen-bond acceptors (Lipinski definition) is 4. The maximum Gasteiger partial charge on any atom is 0.188 e. The van der Waals surface area contributed by atoms with E-state index in [2.05, 4.69) is 42.2 Å². The fourth-order valence-electron chi connectivity index (χ4n) is 2.00. The highest BCUT2D eigenvalue weighted by Gasteiger charge is 2.04. The summed E-state index contributed by atoms with van der Waals surface area (Å²) in [5.41, 5.74) is 9.82.